The summed E-state index contributed by atoms with van der Waals surface area (Å²) in [6.07, 6.45) is 1.55. The summed E-state index contributed by atoms with van der Waals surface area (Å²) in [6, 6.07) is 14.2. The fourth-order valence-electron chi connectivity index (χ4n) is 2.09. The minimum absolute atomic E-state index is 0.271. The molecular formula is C17H11BrCl2N4O. The molecule has 1 heterocycles. The fourth-order valence-corrected chi connectivity index (χ4v) is 3.01. The Labute approximate surface area is 162 Å². The Hall–Kier alpha value is -2.15. The van der Waals surface area contributed by atoms with Gasteiger partial charge in [-0.1, -0.05) is 51.3 Å². The Morgan fingerprint density at radius 3 is 2.80 bits per heavy atom. The summed E-state index contributed by atoms with van der Waals surface area (Å²) in [5.74, 6) is -0.407. The molecule has 0 aliphatic carbocycles. The lowest BCUT2D eigenvalue weighted by molar-refractivity contribution is 0.0950. The number of carbonyl (C=O) groups excluding carboxylic acids is 1. The summed E-state index contributed by atoms with van der Waals surface area (Å²) in [5, 5.41) is 11.7. The van der Waals surface area contributed by atoms with E-state index in [1.54, 1.807) is 30.5 Å². The van der Waals surface area contributed by atoms with Crippen molar-refractivity contribution in [3.63, 3.8) is 0 Å². The maximum absolute atomic E-state index is 12.1. The van der Waals surface area contributed by atoms with Crippen LogP contribution in [-0.4, -0.2) is 22.3 Å². The Morgan fingerprint density at radius 2 is 2.04 bits per heavy atom. The first kappa shape index (κ1) is 17.7. The molecule has 0 unspecified atom stereocenters. The van der Waals surface area contributed by atoms with Crippen LogP contribution in [0.15, 0.2) is 58.1 Å². The zero-order chi connectivity index (χ0) is 17.8. The number of H-pyrrole nitrogens is 1. The van der Waals surface area contributed by atoms with E-state index in [0.717, 1.165) is 10.0 Å². The second-order valence-electron chi connectivity index (χ2n) is 5.05. The van der Waals surface area contributed by atoms with Gasteiger partial charge < -0.3 is 0 Å². The van der Waals surface area contributed by atoms with Crippen LogP contribution < -0.4 is 5.43 Å². The molecule has 0 spiro atoms. The van der Waals surface area contributed by atoms with E-state index >= 15 is 0 Å². The van der Waals surface area contributed by atoms with E-state index in [9.17, 15) is 4.79 Å². The Morgan fingerprint density at radius 1 is 1.20 bits per heavy atom. The number of aromatic amines is 1. The molecule has 0 saturated carbocycles. The number of carbonyl (C=O) groups is 1. The zero-order valence-corrected chi connectivity index (χ0v) is 15.7. The van der Waals surface area contributed by atoms with Crippen molar-refractivity contribution in [2.24, 2.45) is 5.10 Å². The molecule has 2 N–H and O–H groups in total. The van der Waals surface area contributed by atoms with Gasteiger partial charge in [-0.05, 0) is 42.0 Å². The zero-order valence-electron chi connectivity index (χ0n) is 12.6. The highest BCUT2D eigenvalue weighted by Gasteiger charge is 2.12. The third-order valence-electron chi connectivity index (χ3n) is 3.26. The molecule has 0 aliphatic heterocycles. The average molecular weight is 438 g/mol. The number of nitrogens with one attached hydrogen (secondary N) is 2. The molecule has 1 amide bonds. The summed E-state index contributed by atoms with van der Waals surface area (Å²) >= 11 is 15.4. The van der Waals surface area contributed by atoms with Gasteiger partial charge in [0.25, 0.3) is 5.91 Å². The van der Waals surface area contributed by atoms with Crippen LogP contribution in [0.5, 0.6) is 0 Å². The first-order valence-electron chi connectivity index (χ1n) is 7.13. The number of halogens is 3. The molecule has 0 saturated heterocycles. The number of hydrogen-bond acceptors (Lipinski definition) is 3. The molecule has 25 heavy (non-hydrogen) atoms. The van der Waals surface area contributed by atoms with E-state index in [-0.39, 0.29) is 5.69 Å². The second kappa shape index (κ2) is 7.82. The largest absolute Gasteiger partial charge is 0.289 e. The maximum Gasteiger partial charge on any atom is 0.289 e. The predicted molar refractivity (Wildman–Crippen MR) is 103 cm³/mol. The number of amides is 1. The van der Waals surface area contributed by atoms with Gasteiger partial charge >= 0.3 is 0 Å². The van der Waals surface area contributed by atoms with Gasteiger partial charge in [0.2, 0.25) is 0 Å². The molecule has 0 atom stereocenters. The smallest absolute Gasteiger partial charge is 0.272 e. The highest BCUT2D eigenvalue weighted by atomic mass is 79.9. The molecule has 2 aromatic carbocycles. The Balaban J connectivity index is 1.70. The first-order valence-corrected chi connectivity index (χ1v) is 8.67. The molecular weight excluding hydrogens is 427 g/mol. The van der Waals surface area contributed by atoms with Gasteiger partial charge in [0, 0.05) is 15.1 Å². The normalized spacial score (nSPS) is 11.0. The molecule has 0 radical (unpaired) electrons. The van der Waals surface area contributed by atoms with Crippen molar-refractivity contribution in [2.45, 2.75) is 0 Å². The molecule has 3 aromatic rings. The van der Waals surface area contributed by atoms with E-state index in [1.807, 2.05) is 24.3 Å². The van der Waals surface area contributed by atoms with Gasteiger partial charge in [0.05, 0.1) is 16.9 Å². The number of rotatable bonds is 4. The molecule has 3 rings (SSSR count). The van der Waals surface area contributed by atoms with Crippen molar-refractivity contribution in [1.82, 2.24) is 15.6 Å². The van der Waals surface area contributed by atoms with Crippen LogP contribution in [-0.2, 0) is 0 Å². The second-order valence-corrected chi connectivity index (χ2v) is 6.80. The van der Waals surface area contributed by atoms with E-state index in [1.165, 1.54) is 0 Å². The van der Waals surface area contributed by atoms with Crippen LogP contribution in [0.1, 0.15) is 16.1 Å². The van der Waals surface area contributed by atoms with Crippen molar-refractivity contribution in [1.29, 1.82) is 0 Å². The lowest BCUT2D eigenvalue weighted by Gasteiger charge is -2.00. The standard InChI is InChI=1S/C17H11BrCl2N4O/c18-11-3-1-2-10(6-11)9-21-24-17(25)16-8-15(22-23-16)13-5-4-12(19)7-14(13)20/h1-9H,(H,22,23)(H,24,25)/b21-9+. The van der Waals surface area contributed by atoms with Crippen LogP contribution in [0.25, 0.3) is 11.3 Å². The molecule has 1 aromatic heterocycles. The van der Waals surface area contributed by atoms with Crippen LogP contribution >= 0.6 is 39.1 Å². The third-order valence-corrected chi connectivity index (χ3v) is 4.30. The summed E-state index contributed by atoms with van der Waals surface area (Å²) in [6.45, 7) is 0. The molecule has 126 valence electrons. The van der Waals surface area contributed by atoms with Gasteiger partial charge in [-0.25, -0.2) is 5.43 Å². The Bertz CT molecular complexity index is 955. The number of hydrazone groups is 1. The van der Waals surface area contributed by atoms with Crippen LogP contribution in [0.4, 0.5) is 0 Å². The average Bonchev–Trinajstić information content (AvgIpc) is 3.04. The molecule has 5 nitrogen and oxygen atoms in total. The maximum atomic E-state index is 12.1. The van der Waals surface area contributed by atoms with E-state index in [2.05, 4.69) is 36.7 Å². The lowest BCUT2D eigenvalue weighted by Crippen LogP contribution is -2.17. The van der Waals surface area contributed by atoms with Crippen molar-refractivity contribution in [2.75, 3.05) is 0 Å². The summed E-state index contributed by atoms with van der Waals surface area (Å²) in [7, 11) is 0. The van der Waals surface area contributed by atoms with Gasteiger partial charge in [-0.15, -0.1) is 0 Å². The van der Waals surface area contributed by atoms with Crippen molar-refractivity contribution >= 4 is 51.3 Å². The number of aromatic nitrogens is 2. The minimum atomic E-state index is -0.407. The SMILES string of the molecule is O=C(N/N=C/c1cccc(Br)c1)c1cc(-c2ccc(Cl)cc2Cl)n[nH]1. The fraction of sp³-hybridized carbons (Fsp3) is 0. The highest BCUT2D eigenvalue weighted by Crippen LogP contribution is 2.29. The topological polar surface area (TPSA) is 70.1 Å². The molecule has 0 bridgehead atoms. The van der Waals surface area contributed by atoms with Gasteiger partial charge in [0.15, 0.2) is 0 Å². The highest BCUT2D eigenvalue weighted by molar-refractivity contribution is 9.10. The third kappa shape index (κ3) is 4.48. The number of hydrogen-bond donors (Lipinski definition) is 2. The summed E-state index contributed by atoms with van der Waals surface area (Å²) in [5.41, 5.74) is 4.79. The quantitative estimate of drug-likeness (QED) is 0.449. The number of nitrogens with zero attached hydrogens (tertiary/aromatic N) is 2. The van der Waals surface area contributed by atoms with Gasteiger partial charge in [-0.2, -0.15) is 10.2 Å². The minimum Gasteiger partial charge on any atom is -0.272 e. The van der Waals surface area contributed by atoms with Crippen molar-refractivity contribution in [3.05, 3.63) is 74.3 Å². The van der Waals surface area contributed by atoms with Crippen molar-refractivity contribution < 1.29 is 4.79 Å². The van der Waals surface area contributed by atoms with Crippen LogP contribution in [0.3, 0.4) is 0 Å². The van der Waals surface area contributed by atoms with E-state index in [4.69, 9.17) is 23.2 Å². The molecule has 8 heteroatoms. The van der Waals surface area contributed by atoms with Crippen LogP contribution in [0, 0.1) is 0 Å². The van der Waals surface area contributed by atoms with Crippen LogP contribution in [0.2, 0.25) is 10.0 Å². The number of benzene rings is 2. The van der Waals surface area contributed by atoms with E-state index in [0.29, 0.717) is 21.3 Å². The van der Waals surface area contributed by atoms with Gasteiger partial charge in [0.1, 0.15) is 5.69 Å². The van der Waals surface area contributed by atoms with Crippen molar-refractivity contribution in [3.8, 4) is 11.3 Å². The molecule has 0 aliphatic rings. The lowest BCUT2D eigenvalue weighted by atomic mass is 10.1. The molecule has 0 fully saturated rings. The van der Waals surface area contributed by atoms with E-state index < -0.39 is 5.91 Å². The summed E-state index contributed by atoms with van der Waals surface area (Å²) in [4.78, 5) is 12.1. The first-order chi connectivity index (χ1) is 12.0. The Kier molecular flexibility index (Phi) is 5.53. The monoisotopic (exact) mass is 436 g/mol. The summed E-state index contributed by atoms with van der Waals surface area (Å²) < 4.78 is 0.931. The van der Waals surface area contributed by atoms with Gasteiger partial charge in [-0.3, -0.25) is 9.89 Å². The predicted octanol–water partition coefficient (Wildman–Crippen LogP) is 4.91.